The monoisotopic (exact) mass is 269 g/mol. The summed E-state index contributed by atoms with van der Waals surface area (Å²) in [4.78, 5) is 16.0. The molecular formula is C12H19N3O2S. The van der Waals surface area contributed by atoms with Crippen LogP contribution in [0.25, 0.3) is 0 Å². The van der Waals surface area contributed by atoms with Crippen LogP contribution in [0.3, 0.4) is 0 Å². The summed E-state index contributed by atoms with van der Waals surface area (Å²) in [6.45, 7) is 4.22. The Hall–Kier alpha value is -1.14. The van der Waals surface area contributed by atoms with E-state index in [1.165, 1.54) is 11.3 Å². The molecule has 0 aliphatic heterocycles. The molecule has 0 saturated heterocycles. The van der Waals surface area contributed by atoms with E-state index < -0.39 is 0 Å². The van der Waals surface area contributed by atoms with E-state index in [1.807, 2.05) is 5.38 Å². The molecular weight excluding hydrogens is 250 g/mol. The van der Waals surface area contributed by atoms with Crippen LogP contribution in [0.2, 0.25) is 0 Å². The third kappa shape index (κ3) is 2.49. The van der Waals surface area contributed by atoms with Crippen molar-refractivity contribution in [1.82, 2.24) is 10.3 Å². The molecule has 1 aliphatic carbocycles. The van der Waals surface area contributed by atoms with Gasteiger partial charge in [0.05, 0.1) is 18.2 Å². The maximum Gasteiger partial charge on any atom is 0.226 e. The fourth-order valence-corrected chi connectivity index (χ4v) is 2.91. The van der Waals surface area contributed by atoms with Crippen LogP contribution in [0, 0.1) is 5.41 Å². The average molecular weight is 269 g/mol. The summed E-state index contributed by atoms with van der Waals surface area (Å²) in [6.07, 6.45) is 1.38. The molecule has 0 aromatic carbocycles. The van der Waals surface area contributed by atoms with Crippen molar-refractivity contribution in [2.45, 2.75) is 38.8 Å². The van der Waals surface area contributed by atoms with Gasteiger partial charge in [0.25, 0.3) is 0 Å². The van der Waals surface area contributed by atoms with Crippen molar-refractivity contribution in [3.05, 3.63) is 11.1 Å². The second-order valence-electron chi connectivity index (χ2n) is 5.26. The Morgan fingerprint density at radius 2 is 2.44 bits per heavy atom. The van der Waals surface area contributed by atoms with Crippen LogP contribution < -0.4 is 11.1 Å². The van der Waals surface area contributed by atoms with Gasteiger partial charge in [0.1, 0.15) is 0 Å². The second kappa shape index (κ2) is 4.85. The van der Waals surface area contributed by atoms with Gasteiger partial charge in [-0.15, -0.1) is 11.3 Å². The lowest BCUT2D eigenvalue weighted by molar-refractivity contribution is -0.132. The van der Waals surface area contributed by atoms with Gasteiger partial charge in [-0.3, -0.25) is 4.79 Å². The van der Waals surface area contributed by atoms with Gasteiger partial charge in [-0.1, -0.05) is 13.8 Å². The number of ether oxygens (including phenoxy) is 1. The summed E-state index contributed by atoms with van der Waals surface area (Å²) in [6, 6.07) is 0.172. The zero-order valence-electron chi connectivity index (χ0n) is 10.9. The summed E-state index contributed by atoms with van der Waals surface area (Å²) in [5.41, 5.74) is 6.25. The van der Waals surface area contributed by atoms with Crippen molar-refractivity contribution >= 4 is 22.4 Å². The number of thiazole rings is 1. The number of nitrogen functional groups attached to an aromatic ring is 1. The maximum atomic E-state index is 11.9. The van der Waals surface area contributed by atoms with Crippen molar-refractivity contribution in [3.63, 3.8) is 0 Å². The summed E-state index contributed by atoms with van der Waals surface area (Å²) in [5.74, 6) is -0.00655. The van der Waals surface area contributed by atoms with Gasteiger partial charge in [-0.2, -0.15) is 0 Å². The minimum atomic E-state index is -0.00842. The molecule has 1 saturated carbocycles. The highest BCUT2D eigenvalue weighted by Gasteiger charge is 2.49. The molecule has 1 fully saturated rings. The summed E-state index contributed by atoms with van der Waals surface area (Å²) >= 11 is 1.36. The van der Waals surface area contributed by atoms with Gasteiger partial charge in [0.2, 0.25) is 5.91 Å². The van der Waals surface area contributed by atoms with Crippen LogP contribution in [-0.4, -0.2) is 30.1 Å². The van der Waals surface area contributed by atoms with Crippen molar-refractivity contribution in [3.8, 4) is 0 Å². The van der Waals surface area contributed by atoms with Gasteiger partial charge >= 0.3 is 0 Å². The molecule has 100 valence electrons. The molecule has 0 spiro atoms. The Morgan fingerprint density at radius 1 is 1.72 bits per heavy atom. The first kappa shape index (κ1) is 13.3. The van der Waals surface area contributed by atoms with Crippen molar-refractivity contribution < 1.29 is 9.53 Å². The van der Waals surface area contributed by atoms with Gasteiger partial charge in [0.15, 0.2) is 5.13 Å². The topological polar surface area (TPSA) is 77.2 Å². The molecule has 2 atom stereocenters. The van der Waals surface area contributed by atoms with Crippen LogP contribution >= 0.6 is 11.3 Å². The third-order valence-electron chi connectivity index (χ3n) is 3.71. The number of methoxy groups -OCH3 is 1. The van der Waals surface area contributed by atoms with E-state index in [-0.39, 0.29) is 29.9 Å². The predicted octanol–water partition coefficient (Wildman–Crippen LogP) is 1.20. The first-order chi connectivity index (χ1) is 8.43. The number of nitrogens with one attached hydrogen (secondary N) is 1. The summed E-state index contributed by atoms with van der Waals surface area (Å²) in [5, 5.41) is 5.35. The largest absolute Gasteiger partial charge is 0.381 e. The number of hydrogen-bond acceptors (Lipinski definition) is 5. The number of nitrogens with zero attached hydrogens (tertiary/aromatic N) is 1. The van der Waals surface area contributed by atoms with Crippen molar-refractivity contribution in [2.24, 2.45) is 5.41 Å². The average Bonchev–Trinajstić information content (AvgIpc) is 2.69. The SMILES string of the molecule is COC1CC(NC(=O)Cc2csc(N)n2)C1(C)C. The van der Waals surface area contributed by atoms with Crippen LogP contribution in [0.15, 0.2) is 5.38 Å². The minimum absolute atomic E-state index is 0.00655. The number of rotatable bonds is 4. The van der Waals surface area contributed by atoms with Crippen LogP contribution in [0.5, 0.6) is 0 Å². The molecule has 18 heavy (non-hydrogen) atoms. The Morgan fingerprint density at radius 3 is 2.94 bits per heavy atom. The van der Waals surface area contributed by atoms with Crippen molar-refractivity contribution in [2.75, 3.05) is 12.8 Å². The zero-order valence-corrected chi connectivity index (χ0v) is 11.7. The molecule has 0 radical (unpaired) electrons. The molecule has 1 heterocycles. The lowest BCUT2D eigenvalue weighted by atomic mass is 9.64. The Bertz CT molecular complexity index is 444. The van der Waals surface area contributed by atoms with Gasteiger partial charge < -0.3 is 15.8 Å². The molecule has 1 aliphatic rings. The second-order valence-corrected chi connectivity index (χ2v) is 6.15. The molecule has 3 N–H and O–H groups in total. The number of nitrogens with two attached hydrogens (primary N) is 1. The van der Waals surface area contributed by atoms with E-state index in [2.05, 4.69) is 24.1 Å². The number of aromatic nitrogens is 1. The lowest BCUT2D eigenvalue weighted by Gasteiger charge is -2.51. The molecule has 2 unspecified atom stereocenters. The van der Waals surface area contributed by atoms with Gasteiger partial charge in [0, 0.05) is 23.9 Å². The molecule has 2 rings (SSSR count). The number of amides is 1. The standard InChI is InChI=1S/C12H19N3O2S/c1-12(2)8(5-9(12)17-3)15-10(16)4-7-6-18-11(13)14-7/h6,8-9H,4-5H2,1-3H3,(H2,13,14)(H,15,16). The number of hydrogen-bond donors (Lipinski definition) is 2. The fourth-order valence-electron chi connectivity index (χ4n) is 2.34. The number of carbonyl (C=O) groups is 1. The highest BCUT2D eigenvalue weighted by atomic mass is 32.1. The van der Waals surface area contributed by atoms with Gasteiger partial charge in [-0.05, 0) is 6.42 Å². The highest BCUT2D eigenvalue weighted by Crippen LogP contribution is 2.42. The summed E-state index contributed by atoms with van der Waals surface area (Å²) < 4.78 is 5.36. The van der Waals surface area contributed by atoms with E-state index in [4.69, 9.17) is 10.5 Å². The minimum Gasteiger partial charge on any atom is -0.381 e. The quantitative estimate of drug-likeness (QED) is 0.861. The van der Waals surface area contributed by atoms with Crippen LogP contribution in [-0.2, 0) is 16.0 Å². The number of carbonyl (C=O) groups excluding carboxylic acids is 1. The first-order valence-corrected chi connectivity index (χ1v) is 6.83. The number of anilines is 1. The molecule has 1 aromatic rings. The fraction of sp³-hybridized carbons (Fsp3) is 0.667. The Labute approximate surface area is 111 Å². The van der Waals surface area contributed by atoms with Crippen LogP contribution in [0.4, 0.5) is 5.13 Å². The van der Waals surface area contributed by atoms with Crippen LogP contribution in [0.1, 0.15) is 26.0 Å². The molecule has 6 heteroatoms. The van der Waals surface area contributed by atoms with Gasteiger partial charge in [-0.25, -0.2) is 4.98 Å². The highest BCUT2D eigenvalue weighted by molar-refractivity contribution is 7.13. The Balaban J connectivity index is 1.86. The van der Waals surface area contributed by atoms with E-state index in [0.29, 0.717) is 5.13 Å². The zero-order chi connectivity index (χ0) is 13.3. The summed E-state index contributed by atoms with van der Waals surface area (Å²) in [7, 11) is 1.71. The van der Waals surface area contributed by atoms with E-state index in [1.54, 1.807) is 7.11 Å². The normalized spacial score (nSPS) is 25.5. The molecule has 0 bridgehead atoms. The van der Waals surface area contributed by atoms with E-state index >= 15 is 0 Å². The third-order valence-corrected chi connectivity index (χ3v) is 4.43. The van der Waals surface area contributed by atoms with E-state index in [0.717, 1.165) is 12.1 Å². The maximum absolute atomic E-state index is 11.9. The van der Waals surface area contributed by atoms with Crippen molar-refractivity contribution in [1.29, 1.82) is 0 Å². The first-order valence-electron chi connectivity index (χ1n) is 5.95. The molecule has 1 aromatic heterocycles. The molecule has 5 nitrogen and oxygen atoms in total. The lowest BCUT2D eigenvalue weighted by Crippen LogP contribution is -2.62. The smallest absolute Gasteiger partial charge is 0.226 e. The van der Waals surface area contributed by atoms with E-state index in [9.17, 15) is 4.79 Å². The molecule has 1 amide bonds. The Kier molecular flexibility index (Phi) is 3.59. The predicted molar refractivity (Wildman–Crippen MR) is 71.4 cm³/mol.